The maximum atomic E-state index is 12.0. The van der Waals surface area contributed by atoms with Crippen molar-refractivity contribution in [3.8, 4) is 0 Å². The van der Waals surface area contributed by atoms with Crippen molar-refractivity contribution in [1.29, 1.82) is 0 Å². The number of allylic oxidation sites excluding steroid dienone is 1. The van der Waals surface area contributed by atoms with Crippen molar-refractivity contribution in [2.75, 3.05) is 5.32 Å². The molecule has 0 radical (unpaired) electrons. The van der Waals surface area contributed by atoms with Crippen LogP contribution in [0.15, 0.2) is 48.6 Å². The van der Waals surface area contributed by atoms with Crippen molar-refractivity contribution in [1.82, 2.24) is 0 Å². The quantitative estimate of drug-likeness (QED) is 0.625. The van der Waals surface area contributed by atoms with Gasteiger partial charge in [-0.3, -0.25) is 9.59 Å². The summed E-state index contributed by atoms with van der Waals surface area (Å²) in [6.45, 7) is 3.90. The number of benzene rings is 2. The van der Waals surface area contributed by atoms with E-state index in [-0.39, 0.29) is 16.7 Å². The number of hydrogen-bond acceptors (Lipinski definition) is 2. The number of halogens is 2. The number of amides is 1. The third kappa shape index (κ3) is 4.95. The van der Waals surface area contributed by atoms with Crippen LogP contribution in [0.1, 0.15) is 21.5 Å². The Hall–Kier alpha value is -2.10. The van der Waals surface area contributed by atoms with Gasteiger partial charge in [-0.25, -0.2) is 0 Å². The summed E-state index contributed by atoms with van der Waals surface area (Å²) in [5.74, 6) is -0.740. The van der Waals surface area contributed by atoms with Gasteiger partial charge in [-0.05, 0) is 61.4 Å². The highest BCUT2D eigenvalue weighted by Crippen LogP contribution is 2.21. The van der Waals surface area contributed by atoms with Crippen molar-refractivity contribution in [2.24, 2.45) is 0 Å². The van der Waals surface area contributed by atoms with Crippen molar-refractivity contribution in [3.05, 3.63) is 75.3 Å². The first kappa shape index (κ1) is 17.3. The molecule has 118 valence electrons. The Kier molecular flexibility index (Phi) is 5.59. The van der Waals surface area contributed by atoms with Crippen molar-refractivity contribution < 1.29 is 9.59 Å². The molecule has 0 saturated heterocycles. The molecule has 0 bridgehead atoms. The van der Waals surface area contributed by atoms with E-state index in [1.54, 1.807) is 6.07 Å². The Morgan fingerprint density at radius 1 is 0.957 bits per heavy atom. The van der Waals surface area contributed by atoms with E-state index in [4.69, 9.17) is 23.2 Å². The summed E-state index contributed by atoms with van der Waals surface area (Å²) >= 11 is 11.8. The number of aryl methyl sites for hydroxylation is 2. The van der Waals surface area contributed by atoms with E-state index >= 15 is 0 Å². The average Bonchev–Trinajstić information content (AvgIpc) is 2.43. The van der Waals surface area contributed by atoms with Crippen LogP contribution in [0.2, 0.25) is 10.0 Å². The van der Waals surface area contributed by atoms with Crippen LogP contribution in [0.25, 0.3) is 0 Å². The molecule has 0 heterocycles. The fraction of sp³-hybridized carbons (Fsp3) is 0.111. The third-order valence-electron chi connectivity index (χ3n) is 3.07. The molecule has 2 rings (SSSR count). The molecule has 5 heteroatoms. The number of anilines is 1. The second kappa shape index (κ2) is 7.44. The van der Waals surface area contributed by atoms with Gasteiger partial charge in [0.25, 0.3) is 0 Å². The summed E-state index contributed by atoms with van der Waals surface area (Å²) in [5, 5.41) is 3.42. The van der Waals surface area contributed by atoms with Gasteiger partial charge in [0.05, 0.1) is 5.02 Å². The molecule has 0 saturated carbocycles. The number of hydrogen-bond donors (Lipinski definition) is 1. The molecule has 0 aliphatic rings. The Morgan fingerprint density at radius 3 is 2.22 bits per heavy atom. The van der Waals surface area contributed by atoms with Gasteiger partial charge in [0, 0.05) is 22.3 Å². The Bertz CT molecular complexity index is 777. The zero-order valence-electron chi connectivity index (χ0n) is 12.7. The van der Waals surface area contributed by atoms with Gasteiger partial charge in [-0.15, -0.1) is 0 Å². The lowest BCUT2D eigenvalue weighted by Crippen LogP contribution is -2.09. The molecule has 0 aromatic heterocycles. The molecule has 2 aromatic carbocycles. The zero-order chi connectivity index (χ0) is 17.0. The minimum absolute atomic E-state index is 0.252. The number of carbonyl (C=O) groups excluding carboxylic acids is 2. The fourth-order valence-electron chi connectivity index (χ4n) is 2.16. The smallest absolute Gasteiger partial charge is 0.248 e. The van der Waals surface area contributed by atoms with Crippen molar-refractivity contribution in [2.45, 2.75) is 13.8 Å². The summed E-state index contributed by atoms with van der Waals surface area (Å²) in [4.78, 5) is 24.0. The van der Waals surface area contributed by atoms with Crippen LogP contribution >= 0.6 is 23.2 Å². The fourth-order valence-corrected chi connectivity index (χ4v) is 2.66. The highest BCUT2D eigenvalue weighted by atomic mass is 35.5. The molecular weight excluding hydrogens is 333 g/mol. The Labute approximate surface area is 144 Å². The van der Waals surface area contributed by atoms with Gasteiger partial charge < -0.3 is 5.32 Å². The Balaban J connectivity index is 2.07. The van der Waals surface area contributed by atoms with Crippen LogP contribution in [0.5, 0.6) is 0 Å². The maximum absolute atomic E-state index is 12.0. The molecule has 0 unspecified atom stereocenters. The van der Waals surface area contributed by atoms with E-state index < -0.39 is 0 Å². The molecule has 0 aliphatic heterocycles. The number of nitrogens with one attached hydrogen (secondary N) is 1. The van der Waals surface area contributed by atoms with E-state index in [0.29, 0.717) is 16.3 Å². The largest absolute Gasteiger partial charge is 0.322 e. The number of carbonyl (C=O) groups is 2. The van der Waals surface area contributed by atoms with Crippen molar-refractivity contribution in [3.63, 3.8) is 0 Å². The predicted molar refractivity (Wildman–Crippen MR) is 94.5 cm³/mol. The summed E-state index contributed by atoms with van der Waals surface area (Å²) in [6, 6.07) is 10.3. The second-order valence-corrected chi connectivity index (χ2v) is 6.03. The monoisotopic (exact) mass is 347 g/mol. The molecule has 23 heavy (non-hydrogen) atoms. The molecule has 0 fully saturated rings. The van der Waals surface area contributed by atoms with E-state index in [9.17, 15) is 9.59 Å². The summed E-state index contributed by atoms with van der Waals surface area (Å²) < 4.78 is 0. The topological polar surface area (TPSA) is 46.2 Å². The average molecular weight is 348 g/mol. The van der Waals surface area contributed by atoms with Gasteiger partial charge in [-0.1, -0.05) is 29.3 Å². The van der Waals surface area contributed by atoms with Crippen molar-refractivity contribution >= 4 is 40.6 Å². The molecule has 2 aromatic rings. The summed E-state index contributed by atoms with van der Waals surface area (Å²) in [5.41, 5.74) is 3.09. The standard InChI is InChI=1S/C18H15Cl2NO2/c1-11-7-12(2)9-14(8-11)21-18(23)6-5-17(22)15-4-3-13(19)10-16(15)20/h3-10H,1-2H3,(H,21,23). The van der Waals surface area contributed by atoms with Crippen LogP contribution in [0.4, 0.5) is 5.69 Å². The number of ketones is 1. The van der Waals surface area contributed by atoms with Crippen LogP contribution in [0, 0.1) is 13.8 Å². The van der Waals surface area contributed by atoms with Gasteiger partial charge in [-0.2, -0.15) is 0 Å². The number of rotatable bonds is 4. The second-order valence-electron chi connectivity index (χ2n) is 5.19. The van der Waals surface area contributed by atoms with Gasteiger partial charge >= 0.3 is 0 Å². The first-order valence-electron chi connectivity index (χ1n) is 6.92. The van der Waals surface area contributed by atoms with Crippen LogP contribution in [-0.4, -0.2) is 11.7 Å². The van der Waals surface area contributed by atoms with Gasteiger partial charge in [0.15, 0.2) is 5.78 Å². The van der Waals surface area contributed by atoms with Gasteiger partial charge in [0.1, 0.15) is 0 Å². The summed E-state index contributed by atoms with van der Waals surface area (Å²) in [6.07, 6.45) is 2.37. The SMILES string of the molecule is Cc1cc(C)cc(NC(=O)C=CC(=O)c2ccc(Cl)cc2Cl)c1. The predicted octanol–water partition coefficient (Wildman–Crippen LogP) is 4.99. The Morgan fingerprint density at radius 2 is 1.61 bits per heavy atom. The molecule has 1 N–H and O–H groups in total. The van der Waals surface area contributed by atoms with E-state index in [1.807, 2.05) is 32.0 Å². The molecule has 0 aliphatic carbocycles. The molecule has 0 spiro atoms. The van der Waals surface area contributed by atoms with Gasteiger partial charge in [0.2, 0.25) is 5.91 Å². The lowest BCUT2D eigenvalue weighted by molar-refractivity contribution is -0.111. The lowest BCUT2D eigenvalue weighted by atomic mass is 10.1. The molecule has 0 atom stereocenters. The third-order valence-corrected chi connectivity index (χ3v) is 3.62. The molecular formula is C18H15Cl2NO2. The minimum Gasteiger partial charge on any atom is -0.322 e. The normalized spacial score (nSPS) is 10.8. The van der Waals surface area contributed by atoms with E-state index in [2.05, 4.69) is 5.32 Å². The van der Waals surface area contributed by atoms with Crippen LogP contribution < -0.4 is 5.32 Å². The zero-order valence-corrected chi connectivity index (χ0v) is 14.2. The molecule has 1 amide bonds. The lowest BCUT2D eigenvalue weighted by Gasteiger charge is -2.05. The molecule has 3 nitrogen and oxygen atoms in total. The van der Waals surface area contributed by atoms with Crippen LogP contribution in [-0.2, 0) is 4.79 Å². The van der Waals surface area contributed by atoms with E-state index in [1.165, 1.54) is 24.3 Å². The summed E-state index contributed by atoms with van der Waals surface area (Å²) in [7, 11) is 0. The van der Waals surface area contributed by atoms with Crippen LogP contribution in [0.3, 0.4) is 0 Å². The minimum atomic E-state index is -0.381. The highest BCUT2D eigenvalue weighted by molar-refractivity contribution is 6.37. The van der Waals surface area contributed by atoms with E-state index in [0.717, 1.165) is 11.1 Å². The highest BCUT2D eigenvalue weighted by Gasteiger charge is 2.08. The first-order valence-corrected chi connectivity index (χ1v) is 7.67. The maximum Gasteiger partial charge on any atom is 0.248 e. The first-order chi connectivity index (χ1) is 10.8.